The maximum absolute atomic E-state index is 11.4. The smallest absolute Gasteiger partial charge is 0.221 e. The van der Waals surface area contributed by atoms with Gasteiger partial charge in [-0.3, -0.25) is 9.69 Å². The number of amides is 1. The molecule has 0 spiro atoms. The summed E-state index contributed by atoms with van der Waals surface area (Å²) in [5, 5.41) is 6.39. The van der Waals surface area contributed by atoms with Crippen LogP contribution in [0.3, 0.4) is 0 Å². The molecule has 2 rings (SSSR count). The molecule has 0 bridgehead atoms. The number of carbonyl (C=O) groups excluding carboxylic acids is 1. The van der Waals surface area contributed by atoms with Crippen molar-refractivity contribution in [2.45, 2.75) is 38.3 Å². The predicted molar refractivity (Wildman–Crippen MR) is 59.7 cm³/mol. The molecule has 2 N–H and O–H groups in total. The summed E-state index contributed by atoms with van der Waals surface area (Å²) in [6, 6.07) is 0.983. The number of nitrogens with one attached hydrogen (secondary N) is 2. The van der Waals surface area contributed by atoms with Crippen molar-refractivity contribution in [3.05, 3.63) is 0 Å². The molecule has 4 heteroatoms. The van der Waals surface area contributed by atoms with E-state index in [1.165, 1.54) is 12.8 Å². The summed E-state index contributed by atoms with van der Waals surface area (Å²) in [5.41, 5.74) is 0. The number of hydrogen-bond donors (Lipinski definition) is 2. The third kappa shape index (κ3) is 2.92. The Morgan fingerprint density at radius 1 is 1.33 bits per heavy atom. The summed E-state index contributed by atoms with van der Waals surface area (Å²) in [4.78, 5) is 13.9. The number of piperidine rings is 1. The van der Waals surface area contributed by atoms with E-state index in [0.29, 0.717) is 18.5 Å². The lowest BCUT2D eigenvalue weighted by molar-refractivity contribution is -0.121. The molecule has 0 radical (unpaired) electrons. The van der Waals surface area contributed by atoms with Gasteiger partial charge in [-0.15, -0.1) is 0 Å². The Balaban J connectivity index is 1.92. The van der Waals surface area contributed by atoms with Gasteiger partial charge in [-0.2, -0.15) is 0 Å². The zero-order valence-corrected chi connectivity index (χ0v) is 9.46. The fraction of sp³-hybridized carbons (Fsp3) is 0.909. The second kappa shape index (κ2) is 4.94. The van der Waals surface area contributed by atoms with Crippen LogP contribution in [0, 0.1) is 0 Å². The fourth-order valence-electron chi connectivity index (χ4n) is 2.58. The van der Waals surface area contributed by atoms with Crippen LogP contribution < -0.4 is 10.6 Å². The normalized spacial score (nSPS) is 31.0. The standard InChI is InChI=1S/C11H21N3O/c1-9-8-14(7-4-11(15)13-9)10-2-5-12-6-3-10/h9-10,12H,2-8H2,1H3,(H,13,15). The number of hydrogen-bond acceptors (Lipinski definition) is 3. The van der Waals surface area contributed by atoms with E-state index in [1.807, 2.05) is 0 Å². The van der Waals surface area contributed by atoms with E-state index in [0.717, 1.165) is 26.2 Å². The van der Waals surface area contributed by atoms with Gasteiger partial charge in [0.2, 0.25) is 5.91 Å². The van der Waals surface area contributed by atoms with Crippen LogP contribution in [0.5, 0.6) is 0 Å². The molecule has 1 amide bonds. The third-order valence-electron chi connectivity index (χ3n) is 3.37. The van der Waals surface area contributed by atoms with Gasteiger partial charge in [-0.05, 0) is 32.9 Å². The average molecular weight is 211 g/mol. The monoisotopic (exact) mass is 211 g/mol. The minimum Gasteiger partial charge on any atom is -0.352 e. The minimum atomic E-state index is 0.207. The van der Waals surface area contributed by atoms with Gasteiger partial charge in [0.25, 0.3) is 0 Å². The fourth-order valence-corrected chi connectivity index (χ4v) is 2.58. The second-order valence-corrected chi connectivity index (χ2v) is 4.69. The Hall–Kier alpha value is -0.610. The predicted octanol–water partition coefficient (Wildman–Crippen LogP) is -0.0512. The van der Waals surface area contributed by atoms with Crippen LogP contribution in [0.4, 0.5) is 0 Å². The van der Waals surface area contributed by atoms with Crippen molar-refractivity contribution in [2.24, 2.45) is 0 Å². The van der Waals surface area contributed by atoms with Gasteiger partial charge in [0, 0.05) is 31.6 Å². The first kappa shape index (κ1) is 10.9. The Kier molecular flexibility index (Phi) is 3.59. The van der Waals surface area contributed by atoms with Crippen molar-refractivity contribution in [1.82, 2.24) is 15.5 Å². The summed E-state index contributed by atoms with van der Waals surface area (Å²) < 4.78 is 0. The van der Waals surface area contributed by atoms with Crippen molar-refractivity contribution >= 4 is 5.91 Å². The highest BCUT2D eigenvalue weighted by Crippen LogP contribution is 2.14. The van der Waals surface area contributed by atoms with Crippen molar-refractivity contribution in [3.63, 3.8) is 0 Å². The van der Waals surface area contributed by atoms with Crippen LogP contribution in [0.2, 0.25) is 0 Å². The van der Waals surface area contributed by atoms with E-state index in [4.69, 9.17) is 0 Å². The molecule has 1 atom stereocenters. The lowest BCUT2D eigenvalue weighted by atomic mass is 10.0. The van der Waals surface area contributed by atoms with E-state index in [9.17, 15) is 4.79 Å². The summed E-state index contributed by atoms with van der Waals surface area (Å²) in [5.74, 6) is 0.207. The summed E-state index contributed by atoms with van der Waals surface area (Å²) in [6.45, 7) is 6.28. The highest BCUT2D eigenvalue weighted by Gasteiger charge is 2.25. The lowest BCUT2D eigenvalue weighted by Gasteiger charge is -2.34. The highest BCUT2D eigenvalue weighted by molar-refractivity contribution is 5.76. The van der Waals surface area contributed by atoms with E-state index in [2.05, 4.69) is 22.5 Å². The largest absolute Gasteiger partial charge is 0.352 e. The number of rotatable bonds is 1. The Bertz CT molecular complexity index is 226. The summed E-state index contributed by atoms with van der Waals surface area (Å²) in [6.07, 6.45) is 3.11. The Labute approximate surface area is 91.4 Å². The number of nitrogens with zero attached hydrogens (tertiary/aromatic N) is 1. The van der Waals surface area contributed by atoms with Gasteiger partial charge < -0.3 is 10.6 Å². The van der Waals surface area contributed by atoms with Gasteiger partial charge in [0.1, 0.15) is 0 Å². The molecule has 0 aliphatic carbocycles. The molecule has 1 unspecified atom stereocenters. The van der Waals surface area contributed by atoms with Crippen LogP contribution in [0.25, 0.3) is 0 Å². The zero-order valence-electron chi connectivity index (χ0n) is 9.46. The average Bonchev–Trinajstić information content (AvgIpc) is 2.41. The maximum atomic E-state index is 11.4. The molecule has 86 valence electrons. The summed E-state index contributed by atoms with van der Waals surface area (Å²) in [7, 11) is 0. The highest BCUT2D eigenvalue weighted by atomic mass is 16.1. The van der Waals surface area contributed by atoms with Crippen molar-refractivity contribution in [2.75, 3.05) is 26.2 Å². The molecule has 0 aromatic heterocycles. The molecule has 0 saturated carbocycles. The summed E-state index contributed by atoms with van der Waals surface area (Å²) >= 11 is 0. The SMILES string of the molecule is CC1CN(C2CCNCC2)CCC(=O)N1. The van der Waals surface area contributed by atoms with Crippen LogP contribution in [-0.4, -0.2) is 49.1 Å². The Morgan fingerprint density at radius 3 is 2.80 bits per heavy atom. The molecular weight excluding hydrogens is 190 g/mol. The first-order valence-corrected chi connectivity index (χ1v) is 6.00. The van der Waals surface area contributed by atoms with Crippen LogP contribution in [0.1, 0.15) is 26.2 Å². The quantitative estimate of drug-likeness (QED) is 0.639. The van der Waals surface area contributed by atoms with Gasteiger partial charge in [0.15, 0.2) is 0 Å². The van der Waals surface area contributed by atoms with Gasteiger partial charge >= 0.3 is 0 Å². The molecule has 2 aliphatic rings. The second-order valence-electron chi connectivity index (χ2n) is 4.69. The molecule has 4 nitrogen and oxygen atoms in total. The van der Waals surface area contributed by atoms with Crippen LogP contribution in [-0.2, 0) is 4.79 Å². The van der Waals surface area contributed by atoms with Crippen molar-refractivity contribution in [1.29, 1.82) is 0 Å². The van der Waals surface area contributed by atoms with Crippen LogP contribution in [0.15, 0.2) is 0 Å². The Morgan fingerprint density at radius 2 is 2.07 bits per heavy atom. The molecule has 0 aromatic rings. The molecule has 15 heavy (non-hydrogen) atoms. The van der Waals surface area contributed by atoms with Gasteiger partial charge in [-0.25, -0.2) is 0 Å². The molecule has 0 aromatic carbocycles. The van der Waals surface area contributed by atoms with Crippen molar-refractivity contribution in [3.8, 4) is 0 Å². The van der Waals surface area contributed by atoms with E-state index in [-0.39, 0.29) is 5.91 Å². The molecule has 2 saturated heterocycles. The molecule has 2 aliphatic heterocycles. The number of carbonyl (C=O) groups is 1. The van der Waals surface area contributed by atoms with Gasteiger partial charge in [0.05, 0.1) is 0 Å². The van der Waals surface area contributed by atoms with Crippen LogP contribution >= 0.6 is 0 Å². The van der Waals surface area contributed by atoms with Gasteiger partial charge in [-0.1, -0.05) is 0 Å². The van der Waals surface area contributed by atoms with Crippen molar-refractivity contribution < 1.29 is 4.79 Å². The topological polar surface area (TPSA) is 44.4 Å². The van der Waals surface area contributed by atoms with E-state index in [1.54, 1.807) is 0 Å². The minimum absolute atomic E-state index is 0.207. The first-order valence-electron chi connectivity index (χ1n) is 6.00. The zero-order chi connectivity index (χ0) is 10.7. The van der Waals surface area contributed by atoms with E-state index < -0.39 is 0 Å². The first-order chi connectivity index (χ1) is 7.25. The molecule has 2 heterocycles. The maximum Gasteiger partial charge on any atom is 0.221 e. The lowest BCUT2D eigenvalue weighted by Crippen LogP contribution is -2.46. The van der Waals surface area contributed by atoms with E-state index >= 15 is 0 Å². The third-order valence-corrected chi connectivity index (χ3v) is 3.37. The molecular formula is C11H21N3O. The molecule has 2 fully saturated rings.